The Morgan fingerprint density at radius 1 is 1.15 bits per heavy atom. The fraction of sp³-hybridized carbons (Fsp3) is 0.150. The van der Waals surface area contributed by atoms with Gasteiger partial charge in [0.25, 0.3) is 5.91 Å². The summed E-state index contributed by atoms with van der Waals surface area (Å²) in [7, 11) is 0. The smallest absolute Gasteiger partial charge is 0.255 e. The molecule has 2 heterocycles. The van der Waals surface area contributed by atoms with E-state index in [0.29, 0.717) is 27.9 Å². The second-order valence-corrected chi connectivity index (χ2v) is 7.63. The van der Waals surface area contributed by atoms with Crippen molar-refractivity contribution < 1.29 is 9.59 Å². The summed E-state index contributed by atoms with van der Waals surface area (Å²) in [5.74, 6) is 0.701. The minimum Gasteiger partial charge on any atom is -0.324 e. The Morgan fingerprint density at radius 3 is 2.78 bits per heavy atom. The molecular weight excluding hydrogens is 382 g/mol. The highest BCUT2D eigenvalue weighted by molar-refractivity contribution is 7.99. The molecule has 0 bridgehead atoms. The molecule has 27 heavy (non-hydrogen) atoms. The number of aromatic nitrogens is 1. The van der Waals surface area contributed by atoms with Gasteiger partial charge in [-0.05, 0) is 48.5 Å². The molecule has 1 saturated heterocycles. The van der Waals surface area contributed by atoms with Gasteiger partial charge in [-0.25, -0.2) is 0 Å². The Balaban J connectivity index is 1.51. The summed E-state index contributed by atoms with van der Waals surface area (Å²) >= 11 is 7.46. The molecule has 0 saturated carbocycles. The predicted molar refractivity (Wildman–Crippen MR) is 109 cm³/mol. The first-order valence-corrected chi connectivity index (χ1v) is 9.95. The maximum atomic E-state index is 12.8. The summed E-state index contributed by atoms with van der Waals surface area (Å²) in [5.41, 5.74) is 2.08. The van der Waals surface area contributed by atoms with Crippen LogP contribution in [-0.2, 0) is 4.79 Å². The number of fused-ring (bicyclic) bond motifs is 1. The highest BCUT2D eigenvalue weighted by Gasteiger charge is 2.35. The Morgan fingerprint density at radius 2 is 1.96 bits per heavy atom. The number of rotatable bonds is 3. The summed E-state index contributed by atoms with van der Waals surface area (Å²) in [4.78, 5) is 31.5. The van der Waals surface area contributed by atoms with E-state index in [1.807, 2.05) is 30.3 Å². The standard InChI is InChI=1S/C20H16ClN3O2S/c21-15-5-3-13(4-6-15)20(26)24-12-27-11-18(24)19(25)23-16-7-8-17-14(10-16)2-1-9-22-17/h1-10,18H,11-12H2,(H,23,25). The highest BCUT2D eigenvalue weighted by atomic mass is 35.5. The van der Waals surface area contributed by atoms with Crippen LogP contribution in [0.1, 0.15) is 10.4 Å². The maximum Gasteiger partial charge on any atom is 0.255 e. The summed E-state index contributed by atoms with van der Waals surface area (Å²) in [6.07, 6.45) is 1.73. The first-order chi connectivity index (χ1) is 13.1. The van der Waals surface area contributed by atoms with Gasteiger partial charge in [0.1, 0.15) is 6.04 Å². The number of anilines is 1. The van der Waals surface area contributed by atoms with E-state index in [1.165, 1.54) is 0 Å². The Hall–Kier alpha value is -2.57. The average molecular weight is 398 g/mol. The highest BCUT2D eigenvalue weighted by Crippen LogP contribution is 2.25. The number of halogens is 1. The molecule has 1 N–H and O–H groups in total. The van der Waals surface area contributed by atoms with Crippen LogP contribution in [0.3, 0.4) is 0 Å². The van der Waals surface area contributed by atoms with E-state index >= 15 is 0 Å². The molecule has 1 aliphatic heterocycles. The van der Waals surface area contributed by atoms with Gasteiger partial charge in [0.15, 0.2) is 0 Å². The Bertz CT molecular complexity index is 1010. The van der Waals surface area contributed by atoms with E-state index in [2.05, 4.69) is 10.3 Å². The van der Waals surface area contributed by atoms with E-state index in [1.54, 1.807) is 47.1 Å². The Kier molecular flexibility index (Phi) is 5.01. The quantitative estimate of drug-likeness (QED) is 0.724. The zero-order valence-corrected chi connectivity index (χ0v) is 15.8. The predicted octanol–water partition coefficient (Wildman–Crippen LogP) is 4.04. The number of nitrogens with zero attached hydrogens (tertiary/aromatic N) is 2. The number of carbonyl (C=O) groups is 2. The lowest BCUT2D eigenvalue weighted by molar-refractivity contribution is -0.119. The molecule has 5 nitrogen and oxygen atoms in total. The van der Waals surface area contributed by atoms with E-state index in [0.717, 1.165) is 10.9 Å². The summed E-state index contributed by atoms with van der Waals surface area (Å²) in [5, 5.41) is 4.45. The van der Waals surface area contributed by atoms with Gasteiger partial charge >= 0.3 is 0 Å². The second-order valence-electron chi connectivity index (χ2n) is 6.20. The van der Waals surface area contributed by atoms with Crippen molar-refractivity contribution in [2.24, 2.45) is 0 Å². The minimum absolute atomic E-state index is 0.167. The van der Waals surface area contributed by atoms with Crippen LogP contribution in [0, 0.1) is 0 Å². The lowest BCUT2D eigenvalue weighted by Gasteiger charge is -2.23. The van der Waals surface area contributed by atoms with Gasteiger partial charge in [-0.15, -0.1) is 11.8 Å². The zero-order valence-electron chi connectivity index (χ0n) is 14.3. The molecule has 2 amide bonds. The van der Waals surface area contributed by atoms with Gasteiger partial charge in [0.05, 0.1) is 11.4 Å². The Labute approximate surface area is 165 Å². The van der Waals surface area contributed by atoms with Gasteiger partial charge in [-0.2, -0.15) is 0 Å². The molecule has 1 aliphatic rings. The first kappa shape index (κ1) is 17.8. The second kappa shape index (κ2) is 7.58. The molecule has 0 aliphatic carbocycles. The monoisotopic (exact) mass is 397 g/mol. The van der Waals surface area contributed by atoms with Gasteiger partial charge < -0.3 is 10.2 Å². The number of hydrogen-bond donors (Lipinski definition) is 1. The molecule has 1 unspecified atom stereocenters. The van der Waals surface area contributed by atoms with Crippen LogP contribution in [0.25, 0.3) is 10.9 Å². The summed E-state index contributed by atoms with van der Waals surface area (Å²) in [6.45, 7) is 0. The molecule has 1 atom stereocenters. The van der Waals surface area contributed by atoms with Gasteiger partial charge in [-0.3, -0.25) is 14.6 Å². The maximum absolute atomic E-state index is 12.8. The van der Waals surface area contributed by atoms with Crippen LogP contribution in [0.15, 0.2) is 60.8 Å². The largest absolute Gasteiger partial charge is 0.324 e. The van der Waals surface area contributed by atoms with Crippen LogP contribution in [0.4, 0.5) is 5.69 Å². The van der Waals surface area contributed by atoms with Crippen LogP contribution in [-0.4, -0.2) is 39.4 Å². The zero-order chi connectivity index (χ0) is 18.8. The fourth-order valence-corrected chi connectivity index (χ4v) is 4.28. The van der Waals surface area contributed by atoms with Crippen molar-refractivity contribution in [3.63, 3.8) is 0 Å². The van der Waals surface area contributed by atoms with Crippen molar-refractivity contribution in [2.75, 3.05) is 16.9 Å². The molecule has 0 spiro atoms. The molecule has 136 valence electrons. The molecule has 0 radical (unpaired) electrons. The number of nitrogens with one attached hydrogen (secondary N) is 1. The number of benzene rings is 2. The van der Waals surface area contributed by atoms with Crippen LogP contribution >= 0.6 is 23.4 Å². The SMILES string of the molecule is O=C(Nc1ccc2ncccc2c1)C1CSCN1C(=O)c1ccc(Cl)cc1. The third-order valence-corrected chi connectivity index (χ3v) is 5.67. The van der Waals surface area contributed by atoms with E-state index in [9.17, 15) is 9.59 Å². The van der Waals surface area contributed by atoms with Crippen molar-refractivity contribution in [2.45, 2.75) is 6.04 Å². The van der Waals surface area contributed by atoms with Crippen LogP contribution in [0.2, 0.25) is 5.02 Å². The van der Waals surface area contributed by atoms with Crippen molar-refractivity contribution in [3.8, 4) is 0 Å². The van der Waals surface area contributed by atoms with Gasteiger partial charge in [-0.1, -0.05) is 17.7 Å². The van der Waals surface area contributed by atoms with Crippen LogP contribution in [0.5, 0.6) is 0 Å². The summed E-state index contributed by atoms with van der Waals surface area (Å²) < 4.78 is 0. The third kappa shape index (κ3) is 3.77. The van der Waals surface area contributed by atoms with E-state index < -0.39 is 6.04 Å². The lowest BCUT2D eigenvalue weighted by Crippen LogP contribution is -2.44. The third-order valence-electron chi connectivity index (χ3n) is 4.41. The number of hydrogen-bond acceptors (Lipinski definition) is 4. The van der Waals surface area contributed by atoms with E-state index in [4.69, 9.17) is 11.6 Å². The number of amides is 2. The minimum atomic E-state index is -0.511. The van der Waals surface area contributed by atoms with Gasteiger partial charge in [0.2, 0.25) is 5.91 Å². The topological polar surface area (TPSA) is 62.3 Å². The molecular formula is C20H16ClN3O2S. The lowest BCUT2D eigenvalue weighted by atomic mass is 10.1. The van der Waals surface area contributed by atoms with Crippen molar-refractivity contribution in [3.05, 3.63) is 71.4 Å². The molecule has 3 aromatic rings. The van der Waals surface area contributed by atoms with Crippen molar-refractivity contribution >= 4 is 51.8 Å². The first-order valence-electron chi connectivity index (χ1n) is 8.42. The fourth-order valence-electron chi connectivity index (χ4n) is 3.00. The average Bonchev–Trinajstić information content (AvgIpc) is 3.18. The molecule has 4 rings (SSSR count). The summed E-state index contributed by atoms with van der Waals surface area (Å²) in [6, 6.07) is 15.6. The number of carbonyl (C=O) groups excluding carboxylic acids is 2. The molecule has 1 fully saturated rings. The molecule has 2 aromatic carbocycles. The van der Waals surface area contributed by atoms with Crippen LogP contribution < -0.4 is 5.32 Å². The normalized spacial score (nSPS) is 16.5. The van der Waals surface area contributed by atoms with E-state index in [-0.39, 0.29) is 11.8 Å². The van der Waals surface area contributed by atoms with Crippen molar-refractivity contribution in [1.82, 2.24) is 9.88 Å². The van der Waals surface area contributed by atoms with Gasteiger partial charge in [0, 0.05) is 33.6 Å². The number of pyridine rings is 1. The number of thioether (sulfide) groups is 1. The molecule has 7 heteroatoms. The van der Waals surface area contributed by atoms with Crippen molar-refractivity contribution in [1.29, 1.82) is 0 Å². The molecule has 1 aromatic heterocycles.